The highest BCUT2D eigenvalue weighted by molar-refractivity contribution is 7.09. The fourth-order valence-corrected chi connectivity index (χ4v) is 3.67. The van der Waals surface area contributed by atoms with Gasteiger partial charge < -0.3 is 0 Å². The van der Waals surface area contributed by atoms with Crippen molar-refractivity contribution < 1.29 is 4.79 Å². The number of carbonyl (C=O) groups is 1. The van der Waals surface area contributed by atoms with Gasteiger partial charge in [0.05, 0.1) is 12.1 Å². The van der Waals surface area contributed by atoms with Gasteiger partial charge in [0.15, 0.2) is 0 Å². The van der Waals surface area contributed by atoms with E-state index < -0.39 is 0 Å². The van der Waals surface area contributed by atoms with E-state index >= 15 is 0 Å². The van der Waals surface area contributed by atoms with E-state index in [4.69, 9.17) is 0 Å². The third kappa shape index (κ3) is 3.00. The molecule has 1 aliphatic carbocycles. The molecule has 1 saturated carbocycles. The van der Waals surface area contributed by atoms with E-state index in [1.54, 1.807) is 11.3 Å². The average molecular weight is 265 g/mol. The van der Waals surface area contributed by atoms with Crippen LogP contribution in [0.25, 0.3) is 0 Å². The third-order valence-electron chi connectivity index (χ3n) is 3.92. The molecule has 2 atom stereocenters. The largest absolute Gasteiger partial charge is 0.299 e. The highest BCUT2D eigenvalue weighted by Gasteiger charge is 2.30. The lowest BCUT2D eigenvalue weighted by Crippen LogP contribution is -2.19. The van der Waals surface area contributed by atoms with Crippen LogP contribution in [-0.4, -0.2) is 10.8 Å². The smallest absolute Gasteiger partial charge is 0.143 e. The van der Waals surface area contributed by atoms with Gasteiger partial charge in [0.1, 0.15) is 10.8 Å². The Morgan fingerprint density at radius 2 is 2.17 bits per heavy atom. The third-order valence-corrected chi connectivity index (χ3v) is 4.77. The summed E-state index contributed by atoms with van der Waals surface area (Å²) in [7, 11) is 0. The predicted octanol–water partition coefficient (Wildman–Crippen LogP) is 3.99. The second kappa shape index (κ2) is 5.12. The molecule has 0 spiro atoms. The zero-order chi connectivity index (χ0) is 13.3. The molecule has 1 fully saturated rings. The van der Waals surface area contributed by atoms with E-state index in [0.29, 0.717) is 18.1 Å². The Labute approximate surface area is 114 Å². The van der Waals surface area contributed by atoms with Crippen LogP contribution in [0.1, 0.15) is 57.7 Å². The van der Waals surface area contributed by atoms with Crippen molar-refractivity contribution in [2.75, 3.05) is 0 Å². The summed E-state index contributed by atoms with van der Waals surface area (Å²) < 4.78 is 0. The van der Waals surface area contributed by atoms with E-state index in [0.717, 1.165) is 17.1 Å². The molecule has 18 heavy (non-hydrogen) atoms. The quantitative estimate of drug-likeness (QED) is 0.827. The van der Waals surface area contributed by atoms with Crippen molar-refractivity contribution in [3.63, 3.8) is 0 Å². The molecule has 2 rings (SSSR count). The Morgan fingerprint density at radius 3 is 2.67 bits per heavy atom. The second-order valence-electron chi connectivity index (χ2n) is 6.53. The fourth-order valence-electron chi connectivity index (χ4n) is 2.64. The molecule has 0 bridgehead atoms. The van der Waals surface area contributed by atoms with Crippen LogP contribution in [0, 0.1) is 11.8 Å². The number of hydrogen-bond donors (Lipinski definition) is 0. The molecule has 1 aromatic rings. The van der Waals surface area contributed by atoms with Crippen LogP contribution in [0.15, 0.2) is 5.38 Å². The summed E-state index contributed by atoms with van der Waals surface area (Å²) in [5.41, 5.74) is 1.19. The van der Waals surface area contributed by atoms with Crippen molar-refractivity contribution in [1.82, 2.24) is 4.98 Å². The van der Waals surface area contributed by atoms with Gasteiger partial charge in [-0.3, -0.25) is 4.79 Å². The maximum Gasteiger partial charge on any atom is 0.143 e. The Hall–Kier alpha value is -0.700. The summed E-state index contributed by atoms with van der Waals surface area (Å²) in [5.74, 6) is 1.25. The molecule has 3 heteroatoms. The van der Waals surface area contributed by atoms with Gasteiger partial charge in [-0.2, -0.15) is 0 Å². The average Bonchev–Trinajstić information content (AvgIpc) is 2.85. The summed E-state index contributed by atoms with van der Waals surface area (Å²) >= 11 is 1.63. The van der Waals surface area contributed by atoms with Crippen LogP contribution in [0.4, 0.5) is 0 Å². The van der Waals surface area contributed by atoms with Crippen molar-refractivity contribution in [2.45, 2.75) is 58.8 Å². The molecule has 1 heterocycles. The number of rotatable bonds is 3. The van der Waals surface area contributed by atoms with E-state index in [1.807, 2.05) is 0 Å². The number of thiazole rings is 1. The number of nitrogens with zero attached hydrogens (tertiary/aromatic N) is 1. The second-order valence-corrected chi connectivity index (χ2v) is 7.48. The molecule has 100 valence electrons. The van der Waals surface area contributed by atoms with Crippen LogP contribution >= 0.6 is 11.3 Å². The summed E-state index contributed by atoms with van der Waals surface area (Å²) in [6, 6.07) is 0. The normalized spacial score (nSPS) is 24.4. The van der Waals surface area contributed by atoms with E-state index in [1.165, 1.54) is 12.8 Å². The zero-order valence-corrected chi connectivity index (χ0v) is 12.6. The Balaban J connectivity index is 2.01. The van der Waals surface area contributed by atoms with Gasteiger partial charge in [-0.1, -0.05) is 34.1 Å². The highest BCUT2D eigenvalue weighted by Crippen LogP contribution is 2.33. The SMILES string of the molecule is CC1CCCC1C(=O)Cc1nc(C(C)(C)C)cs1. The minimum absolute atomic E-state index is 0.0818. The maximum absolute atomic E-state index is 12.3. The lowest BCUT2D eigenvalue weighted by molar-refractivity contribution is -0.123. The van der Waals surface area contributed by atoms with Crippen molar-refractivity contribution in [1.29, 1.82) is 0 Å². The molecule has 0 N–H and O–H groups in total. The molecular formula is C15H23NOS. The lowest BCUT2D eigenvalue weighted by Gasteiger charge is -2.14. The lowest BCUT2D eigenvalue weighted by atomic mass is 9.92. The maximum atomic E-state index is 12.3. The topological polar surface area (TPSA) is 30.0 Å². The Bertz CT molecular complexity index is 430. The van der Waals surface area contributed by atoms with Gasteiger partial charge >= 0.3 is 0 Å². The first-order valence-corrected chi connectivity index (χ1v) is 7.73. The van der Waals surface area contributed by atoms with Crippen molar-refractivity contribution in [2.24, 2.45) is 11.8 Å². The molecule has 1 aromatic heterocycles. The van der Waals surface area contributed by atoms with Crippen molar-refractivity contribution in [3.8, 4) is 0 Å². The first-order chi connectivity index (χ1) is 8.38. The fraction of sp³-hybridized carbons (Fsp3) is 0.733. The van der Waals surface area contributed by atoms with Crippen LogP contribution in [0.5, 0.6) is 0 Å². The molecule has 1 aliphatic rings. The highest BCUT2D eigenvalue weighted by atomic mass is 32.1. The molecular weight excluding hydrogens is 242 g/mol. The predicted molar refractivity (Wildman–Crippen MR) is 76.0 cm³/mol. The molecule has 0 saturated heterocycles. The molecule has 0 radical (unpaired) electrons. The monoisotopic (exact) mass is 265 g/mol. The van der Waals surface area contributed by atoms with Gasteiger partial charge in [0.2, 0.25) is 0 Å². The first-order valence-electron chi connectivity index (χ1n) is 6.85. The molecule has 2 unspecified atom stereocenters. The molecule has 0 amide bonds. The number of hydrogen-bond acceptors (Lipinski definition) is 3. The summed E-state index contributed by atoms with van der Waals surface area (Å²) in [6.45, 7) is 8.68. The zero-order valence-electron chi connectivity index (χ0n) is 11.8. The van der Waals surface area contributed by atoms with Crippen LogP contribution < -0.4 is 0 Å². The van der Waals surface area contributed by atoms with Crippen molar-refractivity contribution >= 4 is 17.1 Å². The molecule has 2 nitrogen and oxygen atoms in total. The minimum Gasteiger partial charge on any atom is -0.299 e. The summed E-state index contributed by atoms with van der Waals surface area (Å²) in [5, 5.41) is 3.09. The van der Waals surface area contributed by atoms with Crippen LogP contribution in [0.2, 0.25) is 0 Å². The van der Waals surface area contributed by atoms with Gasteiger partial charge in [-0.25, -0.2) is 4.98 Å². The minimum atomic E-state index is 0.0818. The van der Waals surface area contributed by atoms with Gasteiger partial charge in [-0.15, -0.1) is 11.3 Å². The number of Topliss-reactive ketones (excluding diaryl/α,β-unsaturated/α-hetero) is 1. The van der Waals surface area contributed by atoms with Gasteiger partial charge in [0, 0.05) is 16.7 Å². The van der Waals surface area contributed by atoms with E-state index in [-0.39, 0.29) is 11.3 Å². The van der Waals surface area contributed by atoms with E-state index in [2.05, 4.69) is 38.1 Å². The van der Waals surface area contributed by atoms with Gasteiger partial charge in [-0.05, 0) is 18.8 Å². The van der Waals surface area contributed by atoms with Crippen molar-refractivity contribution in [3.05, 3.63) is 16.1 Å². The summed E-state index contributed by atoms with van der Waals surface area (Å²) in [4.78, 5) is 16.9. The standard InChI is InChI=1S/C15H23NOS/c1-10-6-5-7-11(10)12(17)8-14-16-13(9-18-14)15(2,3)4/h9-11H,5-8H2,1-4H3. The van der Waals surface area contributed by atoms with Gasteiger partial charge in [0.25, 0.3) is 0 Å². The summed E-state index contributed by atoms with van der Waals surface area (Å²) in [6.07, 6.45) is 4.04. The Morgan fingerprint density at radius 1 is 1.44 bits per heavy atom. The molecule has 0 aromatic carbocycles. The first kappa shape index (κ1) is 13.7. The van der Waals surface area contributed by atoms with E-state index in [9.17, 15) is 4.79 Å². The Kier molecular flexibility index (Phi) is 3.90. The number of aromatic nitrogens is 1. The number of ketones is 1. The molecule has 0 aliphatic heterocycles. The number of carbonyl (C=O) groups excluding carboxylic acids is 1. The van der Waals surface area contributed by atoms with Crippen LogP contribution in [-0.2, 0) is 16.6 Å². The van der Waals surface area contributed by atoms with Crippen LogP contribution in [0.3, 0.4) is 0 Å².